The van der Waals surface area contributed by atoms with E-state index in [2.05, 4.69) is 0 Å². The minimum absolute atomic E-state index is 0.0338. The normalized spacial score (nSPS) is 10.7. The fourth-order valence-corrected chi connectivity index (χ4v) is 2.77. The lowest BCUT2D eigenvalue weighted by Gasteiger charge is -2.17. The predicted molar refractivity (Wildman–Crippen MR) is 98.5 cm³/mol. The van der Waals surface area contributed by atoms with Crippen LogP contribution in [0.5, 0.6) is 23.0 Å². The Hall–Kier alpha value is -3.15. The van der Waals surface area contributed by atoms with Gasteiger partial charge in [0.15, 0.2) is 11.5 Å². The van der Waals surface area contributed by atoms with Crippen molar-refractivity contribution in [3.05, 3.63) is 46.8 Å². The summed E-state index contributed by atoms with van der Waals surface area (Å²) in [5.74, 6) is 1.43. The highest BCUT2D eigenvalue weighted by Gasteiger charge is 2.21. The zero-order valence-corrected chi connectivity index (χ0v) is 14.9. The SMILES string of the molecule is CCOc1c(OC)ccc(-c2cc3ccc(O)cc3oc2=O)c1OCC. The molecule has 0 aliphatic heterocycles. The standard InChI is InChI=1S/C20H20O6/c1-4-24-18-14(8-9-16(23-3)19(18)25-5-2)15-10-12-6-7-13(21)11-17(12)26-20(15)22/h6-11,21H,4-5H2,1-3H3. The van der Waals surface area contributed by atoms with E-state index in [0.717, 1.165) is 0 Å². The van der Waals surface area contributed by atoms with Crippen LogP contribution in [0, 0.1) is 0 Å². The molecule has 0 radical (unpaired) electrons. The van der Waals surface area contributed by atoms with Gasteiger partial charge in [-0.25, -0.2) is 4.79 Å². The molecule has 0 spiro atoms. The van der Waals surface area contributed by atoms with Crippen LogP contribution in [0.1, 0.15) is 13.8 Å². The van der Waals surface area contributed by atoms with Crippen molar-refractivity contribution in [1.82, 2.24) is 0 Å². The van der Waals surface area contributed by atoms with Gasteiger partial charge in [0.2, 0.25) is 5.75 Å². The summed E-state index contributed by atoms with van der Waals surface area (Å²) in [6.07, 6.45) is 0. The molecule has 0 bridgehead atoms. The van der Waals surface area contributed by atoms with Gasteiger partial charge in [-0.1, -0.05) is 0 Å². The maximum absolute atomic E-state index is 12.5. The van der Waals surface area contributed by atoms with Gasteiger partial charge in [-0.3, -0.25) is 0 Å². The van der Waals surface area contributed by atoms with Gasteiger partial charge in [0.1, 0.15) is 11.3 Å². The van der Waals surface area contributed by atoms with E-state index in [-0.39, 0.29) is 5.75 Å². The van der Waals surface area contributed by atoms with E-state index >= 15 is 0 Å². The smallest absolute Gasteiger partial charge is 0.344 e. The van der Waals surface area contributed by atoms with E-state index in [1.165, 1.54) is 12.1 Å². The third kappa shape index (κ3) is 3.18. The number of rotatable bonds is 6. The van der Waals surface area contributed by atoms with Crippen molar-refractivity contribution >= 4 is 11.0 Å². The van der Waals surface area contributed by atoms with Gasteiger partial charge in [0, 0.05) is 17.0 Å². The van der Waals surface area contributed by atoms with Crippen molar-refractivity contribution in [2.24, 2.45) is 0 Å². The van der Waals surface area contributed by atoms with E-state index in [9.17, 15) is 9.90 Å². The maximum atomic E-state index is 12.5. The minimum atomic E-state index is -0.531. The number of phenolic OH excluding ortho intramolecular Hbond substituents is 1. The Morgan fingerprint density at radius 3 is 2.38 bits per heavy atom. The van der Waals surface area contributed by atoms with Crippen LogP contribution in [-0.4, -0.2) is 25.4 Å². The van der Waals surface area contributed by atoms with Gasteiger partial charge < -0.3 is 23.7 Å². The first-order chi connectivity index (χ1) is 12.6. The Morgan fingerprint density at radius 1 is 0.962 bits per heavy atom. The van der Waals surface area contributed by atoms with Crippen LogP contribution in [0.2, 0.25) is 0 Å². The van der Waals surface area contributed by atoms with Crippen LogP contribution >= 0.6 is 0 Å². The monoisotopic (exact) mass is 356 g/mol. The van der Waals surface area contributed by atoms with E-state index in [0.29, 0.717) is 52.6 Å². The molecule has 0 saturated heterocycles. The van der Waals surface area contributed by atoms with Crippen LogP contribution in [0.4, 0.5) is 0 Å². The van der Waals surface area contributed by atoms with Crippen molar-refractivity contribution in [2.75, 3.05) is 20.3 Å². The maximum Gasteiger partial charge on any atom is 0.344 e. The zero-order chi connectivity index (χ0) is 18.7. The summed E-state index contributed by atoms with van der Waals surface area (Å²) >= 11 is 0. The van der Waals surface area contributed by atoms with Crippen molar-refractivity contribution in [2.45, 2.75) is 13.8 Å². The van der Waals surface area contributed by atoms with Gasteiger partial charge in [0.25, 0.3) is 0 Å². The molecule has 6 heteroatoms. The zero-order valence-electron chi connectivity index (χ0n) is 14.9. The van der Waals surface area contributed by atoms with Crippen molar-refractivity contribution < 1.29 is 23.7 Å². The first-order valence-corrected chi connectivity index (χ1v) is 8.32. The van der Waals surface area contributed by atoms with Gasteiger partial charge in [-0.15, -0.1) is 0 Å². The number of methoxy groups -OCH3 is 1. The number of hydrogen-bond acceptors (Lipinski definition) is 6. The number of ether oxygens (including phenoxy) is 3. The van der Waals surface area contributed by atoms with E-state index < -0.39 is 5.63 Å². The Kier molecular flexibility index (Phi) is 5.02. The lowest BCUT2D eigenvalue weighted by atomic mass is 10.0. The molecule has 26 heavy (non-hydrogen) atoms. The molecule has 1 N–H and O–H groups in total. The fraction of sp³-hybridized carbons (Fsp3) is 0.250. The molecule has 1 heterocycles. The van der Waals surface area contributed by atoms with Gasteiger partial charge >= 0.3 is 5.63 Å². The average molecular weight is 356 g/mol. The second kappa shape index (κ2) is 7.39. The summed E-state index contributed by atoms with van der Waals surface area (Å²) in [6, 6.07) is 9.80. The van der Waals surface area contributed by atoms with Crippen LogP contribution < -0.4 is 19.8 Å². The summed E-state index contributed by atoms with van der Waals surface area (Å²) in [5, 5.41) is 10.3. The van der Waals surface area contributed by atoms with E-state index in [1.807, 2.05) is 13.8 Å². The fourth-order valence-electron chi connectivity index (χ4n) is 2.77. The first kappa shape index (κ1) is 17.7. The number of benzene rings is 2. The lowest BCUT2D eigenvalue weighted by molar-refractivity contribution is 0.273. The predicted octanol–water partition coefficient (Wildman–Crippen LogP) is 3.97. The summed E-state index contributed by atoms with van der Waals surface area (Å²) in [7, 11) is 1.55. The van der Waals surface area contributed by atoms with E-state index in [4.69, 9.17) is 18.6 Å². The summed E-state index contributed by atoms with van der Waals surface area (Å²) in [6.45, 7) is 4.53. The molecule has 0 saturated carbocycles. The van der Waals surface area contributed by atoms with Crippen LogP contribution in [0.3, 0.4) is 0 Å². The molecule has 3 rings (SSSR count). The summed E-state index contributed by atoms with van der Waals surface area (Å²) in [5.41, 5.74) is 0.682. The number of aromatic hydroxyl groups is 1. The molecule has 0 unspecified atom stereocenters. The van der Waals surface area contributed by atoms with Crippen molar-refractivity contribution in [3.8, 4) is 34.1 Å². The Bertz CT molecular complexity index is 989. The quantitative estimate of drug-likeness (QED) is 0.673. The molecule has 0 aliphatic carbocycles. The van der Waals surface area contributed by atoms with E-state index in [1.54, 1.807) is 31.4 Å². The number of hydrogen-bond donors (Lipinski definition) is 1. The average Bonchev–Trinajstić information content (AvgIpc) is 2.63. The molecule has 6 nitrogen and oxygen atoms in total. The molecule has 0 atom stereocenters. The second-order valence-electron chi connectivity index (χ2n) is 5.51. The highest BCUT2D eigenvalue weighted by atomic mass is 16.5. The highest BCUT2D eigenvalue weighted by Crippen LogP contribution is 2.44. The molecule has 0 amide bonds. The molecule has 1 aromatic heterocycles. The molecular weight excluding hydrogens is 336 g/mol. The molecule has 136 valence electrons. The molecule has 0 fully saturated rings. The third-order valence-corrected chi connectivity index (χ3v) is 3.88. The topological polar surface area (TPSA) is 78.1 Å². The Balaban J connectivity index is 2.27. The Labute approximate surface area is 150 Å². The van der Waals surface area contributed by atoms with Crippen molar-refractivity contribution in [3.63, 3.8) is 0 Å². The lowest BCUT2D eigenvalue weighted by Crippen LogP contribution is -2.07. The van der Waals surface area contributed by atoms with Gasteiger partial charge in [-0.2, -0.15) is 0 Å². The largest absolute Gasteiger partial charge is 0.508 e. The first-order valence-electron chi connectivity index (χ1n) is 8.32. The second-order valence-corrected chi connectivity index (χ2v) is 5.51. The van der Waals surface area contributed by atoms with Crippen LogP contribution in [-0.2, 0) is 0 Å². The van der Waals surface area contributed by atoms with Gasteiger partial charge in [-0.05, 0) is 44.2 Å². The van der Waals surface area contributed by atoms with Gasteiger partial charge in [0.05, 0.1) is 25.9 Å². The third-order valence-electron chi connectivity index (χ3n) is 3.88. The molecule has 3 aromatic rings. The minimum Gasteiger partial charge on any atom is -0.508 e. The van der Waals surface area contributed by atoms with Crippen LogP contribution in [0.15, 0.2) is 45.6 Å². The highest BCUT2D eigenvalue weighted by molar-refractivity contribution is 5.85. The van der Waals surface area contributed by atoms with Crippen LogP contribution in [0.25, 0.3) is 22.1 Å². The molecule has 0 aliphatic rings. The van der Waals surface area contributed by atoms with Crippen molar-refractivity contribution in [1.29, 1.82) is 0 Å². The Morgan fingerprint density at radius 2 is 1.69 bits per heavy atom. The number of phenols is 1. The number of fused-ring (bicyclic) bond motifs is 1. The summed E-state index contributed by atoms with van der Waals surface area (Å²) in [4.78, 5) is 12.5. The summed E-state index contributed by atoms with van der Waals surface area (Å²) < 4.78 is 22.2. The molecular formula is C20H20O6. The molecule has 2 aromatic carbocycles.